The molecule has 0 saturated heterocycles. The first-order valence-corrected chi connectivity index (χ1v) is 8.20. The lowest BCUT2D eigenvalue weighted by molar-refractivity contribution is -0.577. The molecule has 0 aliphatic heterocycles. The molecule has 6 nitrogen and oxygen atoms in total. The first kappa shape index (κ1) is 16.7. The van der Waals surface area contributed by atoms with Crippen molar-refractivity contribution >= 4 is 33.8 Å². The van der Waals surface area contributed by atoms with Crippen LogP contribution in [0.5, 0.6) is 5.75 Å². The molecule has 1 aliphatic carbocycles. The lowest BCUT2D eigenvalue weighted by Crippen LogP contribution is -2.39. The van der Waals surface area contributed by atoms with Crippen molar-refractivity contribution in [2.75, 3.05) is 0 Å². The lowest BCUT2D eigenvalue weighted by atomic mass is 9.92. The van der Waals surface area contributed by atoms with Gasteiger partial charge in [0.1, 0.15) is 11.2 Å². The third-order valence-corrected chi connectivity index (χ3v) is 4.32. The Bertz CT molecular complexity index is 1250. The quantitative estimate of drug-likeness (QED) is 0.393. The molecule has 2 aromatic heterocycles. The van der Waals surface area contributed by atoms with Gasteiger partial charge in [-0.15, -0.1) is 0 Å². The highest BCUT2D eigenvalue weighted by Crippen LogP contribution is 2.32. The summed E-state index contributed by atoms with van der Waals surface area (Å²) in [5, 5.41) is 13.1. The van der Waals surface area contributed by atoms with Gasteiger partial charge in [-0.05, 0) is 31.2 Å². The summed E-state index contributed by atoms with van der Waals surface area (Å²) in [6, 6.07) is 9.80. The summed E-state index contributed by atoms with van der Waals surface area (Å²) >= 11 is 0. The molecule has 0 atom stereocenters. The van der Waals surface area contributed by atoms with E-state index in [0.717, 1.165) is 17.7 Å². The SMILES string of the molecule is Cc1ccc[n+](C2=C(c3c([O-])c4ccccc4oc3=O)C(=O)C=CC2=O)c1. The number of carbonyl (C=O) groups excluding carboxylic acids is 2. The van der Waals surface area contributed by atoms with Gasteiger partial charge in [0, 0.05) is 17.0 Å². The molecule has 0 spiro atoms. The Labute approximate surface area is 153 Å². The summed E-state index contributed by atoms with van der Waals surface area (Å²) in [5.41, 5.74) is -0.705. The molecule has 0 amide bonds. The fraction of sp³-hybridized carbons (Fsp3) is 0.0476. The van der Waals surface area contributed by atoms with Crippen molar-refractivity contribution in [1.29, 1.82) is 0 Å². The van der Waals surface area contributed by atoms with Crippen LogP contribution < -0.4 is 15.3 Å². The number of nitrogens with zero attached hydrogens (tertiary/aromatic N) is 1. The van der Waals surface area contributed by atoms with E-state index in [0.29, 0.717) is 0 Å². The Morgan fingerprint density at radius 1 is 0.963 bits per heavy atom. The predicted molar refractivity (Wildman–Crippen MR) is 95.6 cm³/mol. The molecule has 2 heterocycles. The minimum atomic E-state index is -0.948. The fourth-order valence-electron chi connectivity index (χ4n) is 3.12. The summed E-state index contributed by atoms with van der Waals surface area (Å²) in [6.45, 7) is 1.82. The average Bonchev–Trinajstić information content (AvgIpc) is 2.64. The van der Waals surface area contributed by atoms with Crippen molar-refractivity contribution in [3.05, 3.63) is 82.5 Å². The number of aryl methyl sites for hydroxylation is 1. The van der Waals surface area contributed by atoms with E-state index in [1.807, 2.05) is 13.0 Å². The maximum Gasteiger partial charge on any atom is 0.343 e. The van der Waals surface area contributed by atoms with E-state index in [2.05, 4.69) is 0 Å². The Morgan fingerprint density at radius 2 is 1.70 bits per heavy atom. The maximum absolute atomic E-state index is 13.0. The normalized spacial score (nSPS) is 14.3. The molecule has 132 valence electrons. The van der Waals surface area contributed by atoms with Crippen LogP contribution in [0.4, 0.5) is 0 Å². The van der Waals surface area contributed by atoms with Gasteiger partial charge < -0.3 is 9.52 Å². The molecule has 0 bridgehead atoms. The van der Waals surface area contributed by atoms with Gasteiger partial charge in [0.05, 0.1) is 5.56 Å². The van der Waals surface area contributed by atoms with Gasteiger partial charge in [-0.2, -0.15) is 4.57 Å². The first-order chi connectivity index (χ1) is 13.0. The number of para-hydroxylation sites is 1. The van der Waals surface area contributed by atoms with Crippen molar-refractivity contribution in [3.63, 3.8) is 0 Å². The Hall–Kier alpha value is -3.80. The zero-order valence-corrected chi connectivity index (χ0v) is 14.3. The van der Waals surface area contributed by atoms with E-state index in [1.54, 1.807) is 30.6 Å². The summed E-state index contributed by atoms with van der Waals surface area (Å²) < 4.78 is 6.68. The molecule has 1 aromatic carbocycles. The summed E-state index contributed by atoms with van der Waals surface area (Å²) in [6.07, 6.45) is 5.42. The zero-order chi connectivity index (χ0) is 19.1. The van der Waals surface area contributed by atoms with Gasteiger partial charge in [0.25, 0.3) is 11.5 Å². The van der Waals surface area contributed by atoms with Crippen molar-refractivity contribution in [3.8, 4) is 5.75 Å². The molecular weight excluding hydrogens is 346 g/mol. The van der Waals surface area contributed by atoms with Crippen LogP contribution in [0.25, 0.3) is 22.2 Å². The number of hydrogen-bond acceptors (Lipinski definition) is 5. The number of carbonyl (C=O) groups is 2. The zero-order valence-electron chi connectivity index (χ0n) is 14.3. The molecule has 1 aliphatic rings. The van der Waals surface area contributed by atoms with E-state index in [1.165, 1.54) is 16.7 Å². The summed E-state index contributed by atoms with van der Waals surface area (Å²) in [5.74, 6) is -1.72. The highest BCUT2D eigenvalue weighted by molar-refractivity contribution is 6.44. The third-order valence-electron chi connectivity index (χ3n) is 4.32. The topological polar surface area (TPSA) is 91.3 Å². The number of ketones is 2. The number of hydrogen-bond donors (Lipinski definition) is 0. The predicted octanol–water partition coefficient (Wildman–Crippen LogP) is 1.54. The van der Waals surface area contributed by atoms with Gasteiger partial charge in [-0.1, -0.05) is 23.9 Å². The summed E-state index contributed by atoms with van der Waals surface area (Å²) in [7, 11) is 0. The van der Waals surface area contributed by atoms with E-state index < -0.39 is 28.5 Å². The largest absolute Gasteiger partial charge is 0.871 e. The van der Waals surface area contributed by atoms with Gasteiger partial charge in [0.2, 0.25) is 0 Å². The molecule has 4 rings (SSSR count). The lowest BCUT2D eigenvalue weighted by Gasteiger charge is -2.17. The van der Waals surface area contributed by atoms with Crippen LogP contribution in [-0.2, 0) is 9.59 Å². The van der Waals surface area contributed by atoms with E-state index >= 15 is 0 Å². The van der Waals surface area contributed by atoms with Gasteiger partial charge in [-0.3, -0.25) is 9.59 Å². The highest BCUT2D eigenvalue weighted by Gasteiger charge is 2.34. The molecular formula is C21H13NO5. The van der Waals surface area contributed by atoms with Crippen LogP contribution in [0.3, 0.4) is 0 Å². The number of fused-ring (bicyclic) bond motifs is 1. The number of allylic oxidation sites excluding steroid dienone is 4. The van der Waals surface area contributed by atoms with Crippen molar-refractivity contribution in [2.45, 2.75) is 6.92 Å². The van der Waals surface area contributed by atoms with Crippen LogP contribution in [0.1, 0.15) is 11.1 Å². The van der Waals surface area contributed by atoms with Crippen molar-refractivity contribution in [1.82, 2.24) is 0 Å². The molecule has 0 radical (unpaired) electrons. The van der Waals surface area contributed by atoms with Crippen LogP contribution in [-0.4, -0.2) is 11.6 Å². The van der Waals surface area contributed by atoms with Gasteiger partial charge in [0.15, 0.2) is 18.2 Å². The Kier molecular flexibility index (Phi) is 3.81. The second kappa shape index (κ2) is 6.17. The number of aromatic nitrogens is 1. The molecule has 3 aromatic rings. The number of benzene rings is 1. The highest BCUT2D eigenvalue weighted by atomic mass is 16.4. The van der Waals surface area contributed by atoms with Gasteiger partial charge in [-0.25, -0.2) is 4.79 Å². The van der Waals surface area contributed by atoms with Crippen LogP contribution in [0.2, 0.25) is 0 Å². The van der Waals surface area contributed by atoms with E-state index in [4.69, 9.17) is 4.42 Å². The minimum Gasteiger partial charge on any atom is -0.871 e. The van der Waals surface area contributed by atoms with Gasteiger partial charge >= 0.3 is 5.63 Å². The minimum absolute atomic E-state index is 0.0501. The fourth-order valence-corrected chi connectivity index (χ4v) is 3.12. The first-order valence-electron chi connectivity index (χ1n) is 8.20. The molecule has 6 heteroatoms. The molecule has 27 heavy (non-hydrogen) atoms. The van der Waals surface area contributed by atoms with Crippen LogP contribution in [0.15, 0.2) is 70.2 Å². The standard InChI is InChI=1S/C21H13NO5/c1-12-5-4-10-22(11-12)19-15(24)9-8-14(23)17(19)18-20(25)13-6-2-3-7-16(13)27-21(18)26/h2-11H,1H3. The molecule has 0 N–H and O–H groups in total. The Morgan fingerprint density at radius 3 is 2.48 bits per heavy atom. The molecule has 0 saturated carbocycles. The van der Waals surface area contributed by atoms with Crippen LogP contribution in [0, 0.1) is 6.92 Å². The monoisotopic (exact) mass is 359 g/mol. The second-order valence-electron chi connectivity index (χ2n) is 6.16. The Balaban J connectivity index is 2.12. The summed E-state index contributed by atoms with van der Waals surface area (Å²) in [4.78, 5) is 37.7. The third kappa shape index (κ3) is 2.67. The molecule has 0 unspecified atom stereocenters. The average molecular weight is 359 g/mol. The van der Waals surface area contributed by atoms with E-state index in [-0.39, 0.29) is 22.2 Å². The molecule has 0 fully saturated rings. The van der Waals surface area contributed by atoms with Crippen LogP contribution >= 0.6 is 0 Å². The van der Waals surface area contributed by atoms with Crippen molar-refractivity contribution < 1.29 is 23.7 Å². The number of rotatable bonds is 2. The van der Waals surface area contributed by atoms with Crippen molar-refractivity contribution in [2.24, 2.45) is 0 Å². The second-order valence-corrected chi connectivity index (χ2v) is 6.16. The maximum atomic E-state index is 13.0. The van der Waals surface area contributed by atoms with E-state index in [9.17, 15) is 19.5 Å². The number of pyridine rings is 1. The smallest absolute Gasteiger partial charge is 0.343 e.